The molecule has 0 radical (unpaired) electrons. The van der Waals surface area contributed by atoms with E-state index in [0.717, 1.165) is 32.1 Å². The van der Waals surface area contributed by atoms with Gasteiger partial charge in [0.15, 0.2) is 5.96 Å². The number of ether oxygens (including phenoxy) is 1. The Morgan fingerprint density at radius 3 is 2.44 bits per heavy atom. The summed E-state index contributed by atoms with van der Waals surface area (Å²) < 4.78 is 5.27. The molecule has 0 heterocycles. The molecular formula is C20H34IN3O. The van der Waals surface area contributed by atoms with Crippen LogP contribution < -0.4 is 10.6 Å². The molecule has 25 heavy (non-hydrogen) atoms. The quantitative estimate of drug-likeness (QED) is 0.350. The normalized spacial score (nSPS) is 17.2. The maximum absolute atomic E-state index is 5.27. The highest BCUT2D eigenvalue weighted by Crippen LogP contribution is 2.43. The third-order valence-electron chi connectivity index (χ3n) is 5.33. The molecule has 142 valence electrons. The van der Waals surface area contributed by atoms with E-state index in [0.29, 0.717) is 11.3 Å². The van der Waals surface area contributed by atoms with Crippen LogP contribution in [0.2, 0.25) is 0 Å². The van der Waals surface area contributed by atoms with Gasteiger partial charge in [-0.25, -0.2) is 0 Å². The molecule has 1 aliphatic carbocycles. The zero-order valence-electron chi connectivity index (χ0n) is 16.1. The average molecular weight is 459 g/mol. The highest BCUT2D eigenvalue weighted by atomic mass is 127. The summed E-state index contributed by atoms with van der Waals surface area (Å²) in [6.07, 6.45) is 5.05. The summed E-state index contributed by atoms with van der Waals surface area (Å²) in [6.45, 7) is 7.08. The largest absolute Gasteiger partial charge is 0.385 e. The minimum atomic E-state index is 0. The third-order valence-corrected chi connectivity index (χ3v) is 5.33. The van der Waals surface area contributed by atoms with Crippen molar-refractivity contribution in [3.8, 4) is 0 Å². The fraction of sp³-hybridized carbons (Fsp3) is 0.650. The summed E-state index contributed by atoms with van der Waals surface area (Å²) in [4.78, 5) is 4.37. The first kappa shape index (κ1) is 22.2. The van der Waals surface area contributed by atoms with Gasteiger partial charge in [0, 0.05) is 33.9 Å². The van der Waals surface area contributed by atoms with Gasteiger partial charge in [-0.3, -0.25) is 4.99 Å². The van der Waals surface area contributed by atoms with Gasteiger partial charge in [0.25, 0.3) is 0 Å². The molecule has 0 saturated heterocycles. The highest BCUT2D eigenvalue weighted by molar-refractivity contribution is 14.0. The van der Waals surface area contributed by atoms with E-state index in [2.05, 4.69) is 53.7 Å². The van der Waals surface area contributed by atoms with Gasteiger partial charge in [-0.1, -0.05) is 43.2 Å². The van der Waals surface area contributed by atoms with Gasteiger partial charge >= 0.3 is 0 Å². The van der Waals surface area contributed by atoms with E-state index in [1.54, 1.807) is 7.11 Å². The van der Waals surface area contributed by atoms with Gasteiger partial charge in [-0.2, -0.15) is 0 Å². The molecule has 1 unspecified atom stereocenters. The van der Waals surface area contributed by atoms with Crippen molar-refractivity contribution in [2.24, 2.45) is 10.4 Å². The average Bonchev–Trinajstić information content (AvgIpc) is 2.56. The molecule has 5 heteroatoms. The standard InChI is InChI=1S/C20H33N3O.HI/c1-16-6-8-18(9-7-16)17(2)14-22-19(21-3)23-15-20(10-5-11-20)12-13-24-4;/h6-9,17H,5,10-15H2,1-4H3,(H2,21,22,23);1H. The molecule has 1 aromatic rings. The summed E-state index contributed by atoms with van der Waals surface area (Å²) >= 11 is 0. The Hall–Kier alpha value is -0.820. The molecule has 1 aromatic carbocycles. The minimum absolute atomic E-state index is 0. The number of nitrogens with one attached hydrogen (secondary N) is 2. The van der Waals surface area contributed by atoms with Crippen LogP contribution in [0.5, 0.6) is 0 Å². The van der Waals surface area contributed by atoms with Crippen molar-refractivity contribution in [3.63, 3.8) is 0 Å². The van der Waals surface area contributed by atoms with Crippen molar-refractivity contribution < 1.29 is 4.74 Å². The number of hydrogen-bond donors (Lipinski definition) is 2. The van der Waals surface area contributed by atoms with Gasteiger partial charge < -0.3 is 15.4 Å². The molecule has 0 amide bonds. The smallest absolute Gasteiger partial charge is 0.191 e. The number of rotatable bonds is 8. The van der Waals surface area contributed by atoms with Crippen LogP contribution in [0.4, 0.5) is 0 Å². The predicted octanol–water partition coefficient (Wildman–Crippen LogP) is 4.09. The monoisotopic (exact) mass is 459 g/mol. The summed E-state index contributed by atoms with van der Waals surface area (Å²) in [7, 11) is 3.63. The molecular weight excluding hydrogens is 425 g/mol. The SMILES string of the molecule is CN=C(NCC(C)c1ccc(C)cc1)NCC1(CCOC)CCC1.I. The van der Waals surface area contributed by atoms with E-state index in [1.807, 2.05) is 7.05 Å². The maximum Gasteiger partial charge on any atom is 0.191 e. The number of hydrogen-bond acceptors (Lipinski definition) is 2. The Morgan fingerprint density at radius 2 is 1.92 bits per heavy atom. The van der Waals surface area contributed by atoms with Gasteiger partial charge in [0.2, 0.25) is 0 Å². The lowest BCUT2D eigenvalue weighted by Gasteiger charge is -2.42. The highest BCUT2D eigenvalue weighted by Gasteiger charge is 2.36. The summed E-state index contributed by atoms with van der Waals surface area (Å²) in [5, 5.41) is 6.99. The second kappa shape index (κ2) is 11.0. The molecule has 2 N–H and O–H groups in total. The van der Waals surface area contributed by atoms with E-state index in [9.17, 15) is 0 Å². The van der Waals surface area contributed by atoms with Crippen molar-refractivity contribution in [2.45, 2.75) is 45.4 Å². The van der Waals surface area contributed by atoms with Gasteiger partial charge in [-0.15, -0.1) is 24.0 Å². The Morgan fingerprint density at radius 1 is 1.24 bits per heavy atom. The Kier molecular flexibility index (Phi) is 9.79. The third kappa shape index (κ3) is 6.77. The first-order valence-electron chi connectivity index (χ1n) is 9.08. The molecule has 0 bridgehead atoms. The van der Waals surface area contributed by atoms with Crippen LogP contribution in [-0.2, 0) is 4.74 Å². The van der Waals surface area contributed by atoms with Gasteiger partial charge in [0.1, 0.15) is 0 Å². The molecule has 0 spiro atoms. The zero-order valence-corrected chi connectivity index (χ0v) is 18.4. The van der Waals surface area contributed by atoms with Crippen molar-refractivity contribution in [1.29, 1.82) is 0 Å². The van der Waals surface area contributed by atoms with E-state index in [1.165, 1.54) is 30.4 Å². The Bertz CT molecular complexity index is 526. The molecule has 1 atom stereocenters. The van der Waals surface area contributed by atoms with Crippen LogP contribution in [0.15, 0.2) is 29.3 Å². The predicted molar refractivity (Wildman–Crippen MR) is 117 cm³/mol. The lowest BCUT2D eigenvalue weighted by Crippen LogP contribution is -2.47. The molecule has 4 nitrogen and oxygen atoms in total. The topological polar surface area (TPSA) is 45.7 Å². The summed E-state index contributed by atoms with van der Waals surface area (Å²) in [6, 6.07) is 8.78. The van der Waals surface area contributed by atoms with Crippen LogP contribution in [0.25, 0.3) is 0 Å². The number of aryl methyl sites for hydroxylation is 1. The van der Waals surface area contributed by atoms with E-state index in [-0.39, 0.29) is 24.0 Å². The Balaban J connectivity index is 0.00000312. The molecule has 1 aliphatic rings. The molecule has 0 aliphatic heterocycles. The fourth-order valence-electron chi connectivity index (χ4n) is 3.26. The van der Waals surface area contributed by atoms with Crippen LogP contribution in [0.3, 0.4) is 0 Å². The van der Waals surface area contributed by atoms with Crippen molar-refractivity contribution in [3.05, 3.63) is 35.4 Å². The molecule has 1 fully saturated rings. The van der Waals surface area contributed by atoms with Crippen LogP contribution in [0, 0.1) is 12.3 Å². The van der Waals surface area contributed by atoms with Crippen LogP contribution >= 0.6 is 24.0 Å². The van der Waals surface area contributed by atoms with Crippen molar-refractivity contribution in [2.75, 3.05) is 33.9 Å². The maximum atomic E-state index is 5.27. The molecule has 1 saturated carbocycles. The number of benzene rings is 1. The van der Waals surface area contributed by atoms with Gasteiger partial charge in [0.05, 0.1) is 0 Å². The van der Waals surface area contributed by atoms with E-state index >= 15 is 0 Å². The number of aliphatic imine (C=N–C) groups is 1. The lowest BCUT2D eigenvalue weighted by atomic mass is 9.67. The zero-order chi connectivity index (χ0) is 17.4. The van der Waals surface area contributed by atoms with Crippen LogP contribution in [0.1, 0.15) is 49.7 Å². The van der Waals surface area contributed by atoms with Crippen molar-refractivity contribution >= 4 is 29.9 Å². The first-order chi connectivity index (χ1) is 11.6. The van der Waals surface area contributed by atoms with Gasteiger partial charge in [-0.05, 0) is 43.1 Å². The number of methoxy groups -OCH3 is 1. The van der Waals surface area contributed by atoms with Crippen molar-refractivity contribution in [1.82, 2.24) is 10.6 Å². The van der Waals surface area contributed by atoms with E-state index in [4.69, 9.17) is 4.74 Å². The van der Waals surface area contributed by atoms with E-state index < -0.39 is 0 Å². The second-order valence-corrected chi connectivity index (χ2v) is 7.21. The van der Waals surface area contributed by atoms with Crippen LogP contribution in [-0.4, -0.2) is 39.8 Å². The lowest BCUT2D eigenvalue weighted by molar-refractivity contribution is 0.0732. The summed E-state index contributed by atoms with van der Waals surface area (Å²) in [5.74, 6) is 1.35. The number of nitrogens with zero attached hydrogens (tertiary/aromatic N) is 1. The minimum Gasteiger partial charge on any atom is -0.385 e. The fourth-order valence-corrected chi connectivity index (χ4v) is 3.26. The first-order valence-corrected chi connectivity index (χ1v) is 9.08. The molecule has 0 aromatic heterocycles. The second-order valence-electron chi connectivity index (χ2n) is 7.21. The summed E-state index contributed by atoms with van der Waals surface area (Å²) in [5.41, 5.74) is 3.06. The molecule has 2 rings (SSSR count). The number of guanidine groups is 1. The Labute approximate surface area is 170 Å². The number of halogens is 1.